The summed E-state index contributed by atoms with van der Waals surface area (Å²) in [5.74, 6) is 0.146. The normalized spacial score (nSPS) is 11.6. The number of sulfonamides is 1. The van der Waals surface area contributed by atoms with Gasteiger partial charge >= 0.3 is 0 Å². The molecule has 0 spiro atoms. The van der Waals surface area contributed by atoms with Crippen molar-refractivity contribution >= 4 is 21.7 Å². The molecule has 0 radical (unpaired) electrons. The van der Waals surface area contributed by atoms with Gasteiger partial charge in [-0.25, -0.2) is 13.1 Å². The van der Waals surface area contributed by atoms with Crippen molar-refractivity contribution in [2.75, 3.05) is 25.2 Å². The Hall–Kier alpha value is -2.19. The second-order valence-electron chi connectivity index (χ2n) is 5.24. The second-order valence-corrected chi connectivity index (χ2v) is 7.33. The summed E-state index contributed by atoms with van der Waals surface area (Å²) in [6.07, 6.45) is 3.44. The molecule has 0 saturated carbocycles. The maximum Gasteiger partial charge on any atom is 0.240 e. The van der Waals surface area contributed by atoms with E-state index in [2.05, 4.69) is 10.4 Å². The zero-order valence-electron chi connectivity index (χ0n) is 13.1. The molecule has 23 heavy (non-hydrogen) atoms. The van der Waals surface area contributed by atoms with Crippen LogP contribution in [0.3, 0.4) is 0 Å². The Balaban J connectivity index is 1.94. The SMILES string of the molecule is CN(CC(=O)Nc1ccnn1CCc1ccccc1)S(C)(=O)=O. The van der Waals surface area contributed by atoms with Crippen LogP contribution in [0.2, 0.25) is 0 Å². The van der Waals surface area contributed by atoms with Crippen LogP contribution in [0.4, 0.5) is 5.82 Å². The van der Waals surface area contributed by atoms with Crippen LogP contribution in [0.25, 0.3) is 0 Å². The van der Waals surface area contributed by atoms with Crippen LogP contribution >= 0.6 is 0 Å². The Morgan fingerprint density at radius 3 is 2.61 bits per heavy atom. The van der Waals surface area contributed by atoms with Crippen LogP contribution in [-0.2, 0) is 27.8 Å². The van der Waals surface area contributed by atoms with Crippen LogP contribution in [0, 0.1) is 0 Å². The van der Waals surface area contributed by atoms with Gasteiger partial charge in [-0.1, -0.05) is 30.3 Å². The fourth-order valence-electron chi connectivity index (χ4n) is 2.00. The molecule has 0 fully saturated rings. The first kappa shape index (κ1) is 17.2. The first-order chi connectivity index (χ1) is 10.9. The smallest absolute Gasteiger partial charge is 0.240 e. The van der Waals surface area contributed by atoms with Gasteiger partial charge in [-0.2, -0.15) is 9.40 Å². The average Bonchev–Trinajstić information content (AvgIpc) is 2.92. The van der Waals surface area contributed by atoms with Gasteiger partial charge in [0.15, 0.2) is 0 Å². The van der Waals surface area contributed by atoms with Gasteiger partial charge in [-0.15, -0.1) is 0 Å². The van der Waals surface area contributed by atoms with E-state index in [1.165, 1.54) is 12.6 Å². The Morgan fingerprint density at radius 1 is 1.26 bits per heavy atom. The summed E-state index contributed by atoms with van der Waals surface area (Å²) >= 11 is 0. The minimum atomic E-state index is -3.38. The summed E-state index contributed by atoms with van der Waals surface area (Å²) in [6.45, 7) is 0.386. The van der Waals surface area contributed by atoms with E-state index in [9.17, 15) is 13.2 Å². The zero-order chi connectivity index (χ0) is 16.9. The number of rotatable bonds is 7. The number of aryl methyl sites for hydroxylation is 2. The van der Waals surface area contributed by atoms with Gasteiger partial charge in [-0.3, -0.25) is 4.79 Å². The molecule has 0 aliphatic carbocycles. The van der Waals surface area contributed by atoms with Gasteiger partial charge in [0.05, 0.1) is 19.0 Å². The molecule has 0 saturated heterocycles. The van der Waals surface area contributed by atoms with Gasteiger partial charge in [0.25, 0.3) is 0 Å². The topological polar surface area (TPSA) is 84.3 Å². The van der Waals surface area contributed by atoms with Crippen LogP contribution in [0.1, 0.15) is 5.56 Å². The van der Waals surface area contributed by atoms with E-state index in [0.717, 1.165) is 17.0 Å². The van der Waals surface area contributed by atoms with Crippen LogP contribution in [0.15, 0.2) is 42.6 Å². The molecule has 0 bridgehead atoms. The lowest BCUT2D eigenvalue weighted by molar-refractivity contribution is -0.116. The molecule has 0 atom stereocenters. The van der Waals surface area contributed by atoms with Gasteiger partial charge in [0.2, 0.25) is 15.9 Å². The molecule has 2 rings (SSSR count). The molecular weight excluding hydrogens is 316 g/mol. The highest BCUT2D eigenvalue weighted by molar-refractivity contribution is 7.88. The number of likely N-dealkylation sites (N-methyl/N-ethyl adjacent to an activating group) is 1. The number of hydrogen-bond acceptors (Lipinski definition) is 4. The molecule has 1 N–H and O–H groups in total. The fourth-order valence-corrected chi connectivity index (χ4v) is 2.35. The minimum absolute atomic E-state index is 0.233. The van der Waals surface area contributed by atoms with Crippen LogP contribution in [-0.4, -0.2) is 48.3 Å². The van der Waals surface area contributed by atoms with Crippen molar-refractivity contribution in [3.05, 3.63) is 48.2 Å². The highest BCUT2D eigenvalue weighted by Gasteiger charge is 2.16. The molecule has 1 heterocycles. The highest BCUT2D eigenvalue weighted by atomic mass is 32.2. The standard InChI is InChI=1S/C15H20N4O3S/c1-18(23(2,21)22)12-15(20)17-14-8-10-16-19(14)11-9-13-6-4-3-5-7-13/h3-8,10H,9,11-12H2,1-2H3,(H,17,20). The lowest BCUT2D eigenvalue weighted by Gasteiger charge is -2.14. The first-order valence-corrected chi connectivity index (χ1v) is 8.98. The number of nitrogens with zero attached hydrogens (tertiary/aromatic N) is 3. The first-order valence-electron chi connectivity index (χ1n) is 7.13. The predicted molar refractivity (Wildman–Crippen MR) is 88.5 cm³/mol. The summed E-state index contributed by atoms with van der Waals surface area (Å²) < 4.78 is 25.3. The van der Waals surface area contributed by atoms with E-state index in [-0.39, 0.29) is 6.54 Å². The van der Waals surface area contributed by atoms with E-state index in [0.29, 0.717) is 12.4 Å². The fraction of sp³-hybridized carbons (Fsp3) is 0.333. The summed E-state index contributed by atoms with van der Waals surface area (Å²) in [5, 5.41) is 6.87. The van der Waals surface area contributed by atoms with Crippen molar-refractivity contribution in [2.24, 2.45) is 0 Å². The molecule has 0 aliphatic heterocycles. The maximum atomic E-state index is 11.9. The molecule has 0 aliphatic rings. The summed E-state index contributed by atoms with van der Waals surface area (Å²) in [6, 6.07) is 11.7. The number of nitrogens with one attached hydrogen (secondary N) is 1. The van der Waals surface area contributed by atoms with Crippen molar-refractivity contribution in [1.29, 1.82) is 0 Å². The molecule has 7 nitrogen and oxygen atoms in total. The number of carbonyl (C=O) groups excluding carboxylic acids is 1. The van der Waals surface area contributed by atoms with E-state index >= 15 is 0 Å². The largest absolute Gasteiger partial charge is 0.310 e. The van der Waals surface area contributed by atoms with Gasteiger partial charge in [0, 0.05) is 19.7 Å². The van der Waals surface area contributed by atoms with E-state index in [1.807, 2.05) is 30.3 Å². The minimum Gasteiger partial charge on any atom is -0.310 e. The lowest BCUT2D eigenvalue weighted by Crippen LogP contribution is -2.34. The number of aromatic nitrogens is 2. The predicted octanol–water partition coefficient (Wildman–Crippen LogP) is 0.956. The third-order valence-electron chi connectivity index (χ3n) is 3.37. The molecule has 2 aromatic rings. The number of anilines is 1. The average molecular weight is 336 g/mol. The molecule has 124 valence electrons. The van der Waals surface area contributed by atoms with Crippen molar-refractivity contribution in [3.63, 3.8) is 0 Å². The molecule has 1 aromatic heterocycles. The summed E-state index contributed by atoms with van der Waals surface area (Å²) in [5.41, 5.74) is 1.18. The molecular formula is C15H20N4O3S. The van der Waals surface area contributed by atoms with Crippen LogP contribution in [0.5, 0.6) is 0 Å². The van der Waals surface area contributed by atoms with Crippen molar-refractivity contribution in [2.45, 2.75) is 13.0 Å². The monoisotopic (exact) mass is 336 g/mol. The van der Waals surface area contributed by atoms with Gasteiger partial charge < -0.3 is 5.32 Å². The van der Waals surface area contributed by atoms with Crippen molar-refractivity contribution < 1.29 is 13.2 Å². The van der Waals surface area contributed by atoms with Crippen molar-refractivity contribution in [1.82, 2.24) is 14.1 Å². The van der Waals surface area contributed by atoms with Gasteiger partial charge in [-0.05, 0) is 12.0 Å². The Morgan fingerprint density at radius 2 is 1.96 bits per heavy atom. The third-order valence-corrected chi connectivity index (χ3v) is 4.63. The lowest BCUT2D eigenvalue weighted by atomic mass is 10.1. The van der Waals surface area contributed by atoms with E-state index in [4.69, 9.17) is 0 Å². The Kier molecular flexibility index (Phi) is 5.51. The summed E-state index contributed by atoms with van der Waals surface area (Å²) in [7, 11) is -2.02. The third kappa shape index (κ3) is 5.19. The summed E-state index contributed by atoms with van der Waals surface area (Å²) in [4.78, 5) is 11.9. The number of benzene rings is 1. The number of hydrogen-bond donors (Lipinski definition) is 1. The molecule has 0 unspecified atom stereocenters. The quantitative estimate of drug-likeness (QED) is 0.816. The van der Waals surface area contributed by atoms with E-state index < -0.39 is 15.9 Å². The molecule has 1 aromatic carbocycles. The maximum absolute atomic E-state index is 11.9. The van der Waals surface area contributed by atoms with Crippen LogP contribution < -0.4 is 5.32 Å². The Labute approximate surface area is 136 Å². The second kappa shape index (κ2) is 7.38. The molecule has 1 amide bonds. The number of amides is 1. The van der Waals surface area contributed by atoms with Gasteiger partial charge in [0.1, 0.15) is 5.82 Å². The highest BCUT2D eigenvalue weighted by Crippen LogP contribution is 2.09. The zero-order valence-corrected chi connectivity index (χ0v) is 14.0. The van der Waals surface area contributed by atoms with Crippen molar-refractivity contribution in [3.8, 4) is 0 Å². The number of carbonyl (C=O) groups is 1. The van der Waals surface area contributed by atoms with E-state index in [1.54, 1.807) is 16.9 Å². The molecule has 8 heteroatoms. The Bertz CT molecular complexity index is 756.